The summed E-state index contributed by atoms with van der Waals surface area (Å²) in [5, 5.41) is 11.8. The summed E-state index contributed by atoms with van der Waals surface area (Å²) in [6, 6.07) is 5.88. The van der Waals surface area contributed by atoms with Gasteiger partial charge >= 0.3 is 6.61 Å². The number of aliphatic hydroxyl groups excluding tert-OH is 1. The van der Waals surface area contributed by atoms with Gasteiger partial charge in [0.2, 0.25) is 0 Å². The fourth-order valence-electron chi connectivity index (χ4n) is 1.80. The lowest BCUT2D eigenvalue weighted by atomic mass is 9.89. The second-order valence-corrected chi connectivity index (χ2v) is 5.56. The van der Waals surface area contributed by atoms with Crippen molar-refractivity contribution >= 4 is 5.91 Å². The number of carbonyl (C=O) groups is 1. The summed E-state index contributed by atoms with van der Waals surface area (Å²) < 4.78 is 28.8. The monoisotopic (exact) mass is 301 g/mol. The van der Waals surface area contributed by atoms with Gasteiger partial charge in [0.15, 0.2) is 0 Å². The fraction of sp³-hybridized carbons (Fsp3) is 0.533. The molecule has 0 spiro atoms. The number of hydrogen-bond donors (Lipinski definition) is 2. The van der Waals surface area contributed by atoms with Gasteiger partial charge in [-0.3, -0.25) is 4.79 Å². The van der Waals surface area contributed by atoms with E-state index in [0.717, 1.165) is 6.42 Å². The molecule has 0 unspecified atom stereocenters. The Morgan fingerprint density at radius 2 is 2.05 bits per heavy atom. The number of rotatable bonds is 8. The third kappa shape index (κ3) is 6.08. The van der Waals surface area contributed by atoms with Crippen LogP contribution in [0.15, 0.2) is 24.3 Å². The summed E-state index contributed by atoms with van der Waals surface area (Å²) in [6.07, 6.45) is 1.44. The molecule has 118 valence electrons. The maximum Gasteiger partial charge on any atom is 0.387 e. The van der Waals surface area contributed by atoms with E-state index < -0.39 is 12.5 Å². The number of para-hydroxylation sites is 1. The molecule has 0 atom stereocenters. The van der Waals surface area contributed by atoms with Gasteiger partial charge in [0, 0.05) is 13.2 Å². The van der Waals surface area contributed by atoms with E-state index in [0.29, 0.717) is 13.0 Å². The first-order valence-corrected chi connectivity index (χ1v) is 6.78. The minimum absolute atomic E-state index is 0.0754. The Hall–Kier alpha value is -1.69. The highest BCUT2D eigenvalue weighted by Crippen LogP contribution is 2.21. The zero-order valence-corrected chi connectivity index (χ0v) is 12.2. The Balaban J connectivity index is 2.53. The van der Waals surface area contributed by atoms with Crippen LogP contribution in [-0.2, 0) is 0 Å². The fourth-order valence-corrected chi connectivity index (χ4v) is 1.80. The summed E-state index contributed by atoms with van der Waals surface area (Å²) in [5.74, 6) is -0.589. The number of amides is 1. The van der Waals surface area contributed by atoms with E-state index in [1.807, 2.05) is 13.8 Å². The zero-order chi connectivity index (χ0) is 15.9. The lowest BCUT2D eigenvalue weighted by molar-refractivity contribution is -0.0501. The van der Waals surface area contributed by atoms with Crippen LogP contribution >= 0.6 is 0 Å². The minimum Gasteiger partial charge on any atom is -0.434 e. The van der Waals surface area contributed by atoms with Gasteiger partial charge in [-0.15, -0.1) is 0 Å². The molecule has 1 rings (SSSR count). The maximum absolute atomic E-state index is 12.3. The highest BCUT2D eigenvalue weighted by atomic mass is 19.3. The van der Waals surface area contributed by atoms with Gasteiger partial charge in [-0.2, -0.15) is 8.78 Å². The van der Waals surface area contributed by atoms with Crippen LogP contribution in [0.2, 0.25) is 0 Å². The van der Waals surface area contributed by atoms with E-state index in [-0.39, 0.29) is 23.3 Å². The predicted octanol–water partition coefficient (Wildman–Crippen LogP) is 2.82. The second kappa shape index (κ2) is 7.93. The largest absolute Gasteiger partial charge is 0.434 e. The third-order valence-electron chi connectivity index (χ3n) is 3.09. The van der Waals surface area contributed by atoms with Crippen molar-refractivity contribution in [1.29, 1.82) is 0 Å². The lowest BCUT2D eigenvalue weighted by Crippen LogP contribution is -2.27. The highest BCUT2D eigenvalue weighted by molar-refractivity contribution is 5.96. The highest BCUT2D eigenvalue weighted by Gasteiger charge is 2.17. The molecule has 6 heteroatoms. The average molecular weight is 301 g/mol. The van der Waals surface area contributed by atoms with Gasteiger partial charge in [0.1, 0.15) is 5.75 Å². The summed E-state index contributed by atoms with van der Waals surface area (Å²) >= 11 is 0. The number of benzene rings is 1. The van der Waals surface area contributed by atoms with E-state index >= 15 is 0 Å². The number of hydrogen-bond acceptors (Lipinski definition) is 3. The molecule has 2 N–H and O–H groups in total. The Morgan fingerprint density at radius 3 is 2.67 bits per heavy atom. The Kier molecular flexibility index (Phi) is 6.55. The normalized spacial score (nSPS) is 11.5. The molecule has 0 saturated heterocycles. The van der Waals surface area contributed by atoms with E-state index in [4.69, 9.17) is 5.11 Å². The molecular weight excluding hydrogens is 280 g/mol. The number of halogens is 2. The Morgan fingerprint density at radius 1 is 1.38 bits per heavy atom. The second-order valence-electron chi connectivity index (χ2n) is 5.56. The first kappa shape index (κ1) is 17.4. The van der Waals surface area contributed by atoms with Crippen LogP contribution in [0.5, 0.6) is 5.75 Å². The van der Waals surface area contributed by atoms with Crippen molar-refractivity contribution in [3.63, 3.8) is 0 Å². The van der Waals surface area contributed by atoms with E-state index in [9.17, 15) is 13.6 Å². The molecule has 0 saturated carbocycles. The molecule has 0 bridgehead atoms. The molecule has 1 amide bonds. The minimum atomic E-state index is -2.97. The van der Waals surface area contributed by atoms with Crippen LogP contribution in [0.1, 0.15) is 37.0 Å². The summed E-state index contributed by atoms with van der Waals surface area (Å²) in [5.41, 5.74) is -0.110. The van der Waals surface area contributed by atoms with Gasteiger partial charge < -0.3 is 15.2 Å². The molecular formula is C15H21F2NO3. The first-order chi connectivity index (χ1) is 9.85. The number of aliphatic hydroxyl groups is 1. The van der Waals surface area contributed by atoms with Gasteiger partial charge in [-0.05, 0) is 30.4 Å². The van der Waals surface area contributed by atoms with E-state index in [2.05, 4.69) is 10.1 Å². The van der Waals surface area contributed by atoms with Crippen molar-refractivity contribution in [2.75, 3.05) is 13.2 Å². The molecule has 1 aromatic carbocycles. The van der Waals surface area contributed by atoms with Crippen LogP contribution in [-0.4, -0.2) is 30.8 Å². The lowest BCUT2D eigenvalue weighted by Gasteiger charge is -2.21. The topological polar surface area (TPSA) is 58.6 Å². The van der Waals surface area contributed by atoms with Crippen molar-refractivity contribution in [2.45, 2.75) is 33.3 Å². The van der Waals surface area contributed by atoms with Crippen LogP contribution in [0.4, 0.5) is 8.78 Å². The summed E-state index contributed by atoms with van der Waals surface area (Å²) in [7, 11) is 0. The summed E-state index contributed by atoms with van der Waals surface area (Å²) in [6.45, 7) is 1.38. The smallest absolute Gasteiger partial charge is 0.387 e. The average Bonchev–Trinajstić information content (AvgIpc) is 2.43. The number of nitrogens with one attached hydrogen (secondary N) is 1. The van der Waals surface area contributed by atoms with Gasteiger partial charge in [-0.1, -0.05) is 26.0 Å². The quantitative estimate of drug-likeness (QED) is 0.726. The summed E-state index contributed by atoms with van der Waals surface area (Å²) in [4.78, 5) is 12.0. The zero-order valence-electron chi connectivity index (χ0n) is 12.2. The van der Waals surface area contributed by atoms with Crippen LogP contribution in [0.25, 0.3) is 0 Å². The van der Waals surface area contributed by atoms with Gasteiger partial charge in [0.25, 0.3) is 5.91 Å². The molecule has 0 heterocycles. The molecule has 21 heavy (non-hydrogen) atoms. The third-order valence-corrected chi connectivity index (χ3v) is 3.09. The van der Waals surface area contributed by atoms with Crippen molar-refractivity contribution in [2.24, 2.45) is 5.41 Å². The molecule has 1 aromatic rings. The van der Waals surface area contributed by atoms with Crippen molar-refractivity contribution in [1.82, 2.24) is 5.32 Å². The molecule has 0 aliphatic rings. The van der Waals surface area contributed by atoms with E-state index in [1.54, 1.807) is 6.07 Å². The van der Waals surface area contributed by atoms with Crippen LogP contribution in [0, 0.1) is 5.41 Å². The van der Waals surface area contributed by atoms with Gasteiger partial charge in [-0.25, -0.2) is 0 Å². The number of carbonyl (C=O) groups excluding carboxylic acids is 1. The molecule has 0 aliphatic carbocycles. The molecule has 4 nitrogen and oxygen atoms in total. The molecule has 0 radical (unpaired) electrons. The van der Waals surface area contributed by atoms with Crippen molar-refractivity contribution in [3.8, 4) is 5.75 Å². The van der Waals surface area contributed by atoms with Crippen molar-refractivity contribution in [3.05, 3.63) is 29.8 Å². The molecule has 0 fully saturated rings. The van der Waals surface area contributed by atoms with E-state index in [1.165, 1.54) is 18.2 Å². The first-order valence-electron chi connectivity index (χ1n) is 6.78. The van der Waals surface area contributed by atoms with Crippen molar-refractivity contribution < 1.29 is 23.4 Å². The number of ether oxygens (including phenoxy) is 1. The number of alkyl halides is 2. The Bertz CT molecular complexity index is 464. The SMILES string of the molecule is CC(C)(CO)CCCNC(=O)c1ccccc1OC(F)F. The maximum atomic E-state index is 12.3. The Labute approximate surface area is 123 Å². The standard InChI is InChI=1S/C15H21F2NO3/c1-15(2,10-19)8-5-9-18-13(20)11-6-3-4-7-12(11)21-14(16)17/h3-4,6-7,14,19H,5,8-10H2,1-2H3,(H,18,20). The van der Waals surface area contributed by atoms with Crippen LogP contribution in [0.3, 0.4) is 0 Å². The van der Waals surface area contributed by atoms with Crippen LogP contribution < -0.4 is 10.1 Å². The van der Waals surface area contributed by atoms with Gasteiger partial charge in [0.05, 0.1) is 5.56 Å². The molecule has 0 aromatic heterocycles. The predicted molar refractivity (Wildman–Crippen MR) is 75.5 cm³/mol. The molecule has 0 aliphatic heterocycles.